The SMILES string of the molecule is NCC(Oc1cccc2cccnc12)c1ccncc1. The van der Waals surface area contributed by atoms with E-state index in [9.17, 15) is 0 Å². The number of pyridine rings is 2. The predicted octanol–water partition coefficient (Wildman–Crippen LogP) is 2.71. The first-order valence-corrected chi connectivity index (χ1v) is 6.49. The highest BCUT2D eigenvalue weighted by atomic mass is 16.5. The molecule has 0 aliphatic carbocycles. The first kappa shape index (κ1) is 12.6. The van der Waals surface area contributed by atoms with Crippen molar-refractivity contribution < 1.29 is 4.74 Å². The molecular formula is C16H15N3O. The molecule has 0 radical (unpaired) electrons. The van der Waals surface area contributed by atoms with Crippen LogP contribution in [0.15, 0.2) is 61.1 Å². The molecule has 0 aliphatic heterocycles. The van der Waals surface area contributed by atoms with Crippen LogP contribution in [0.1, 0.15) is 11.7 Å². The van der Waals surface area contributed by atoms with Gasteiger partial charge >= 0.3 is 0 Å². The predicted molar refractivity (Wildman–Crippen MR) is 78.4 cm³/mol. The Morgan fingerprint density at radius 3 is 2.60 bits per heavy atom. The van der Waals surface area contributed by atoms with Crippen LogP contribution in [0.4, 0.5) is 0 Å². The molecule has 3 aromatic rings. The fraction of sp³-hybridized carbons (Fsp3) is 0.125. The summed E-state index contributed by atoms with van der Waals surface area (Å²) in [6, 6.07) is 13.6. The summed E-state index contributed by atoms with van der Waals surface area (Å²) >= 11 is 0. The average Bonchev–Trinajstić information content (AvgIpc) is 2.53. The summed E-state index contributed by atoms with van der Waals surface area (Å²) in [5.41, 5.74) is 7.69. The second kappa shape index (κ2) is 5.67. The maximum atomic E-state index is 6.05. The fourth-order valence-corrected chi connectivity index (χ4v) is 2.15. The molecule has 1 unspecified atom stereocenters. The fourth-order valence-electron chi connectivity index (χ4n) is 2.15. The Morgan fingerprint density at radius 1 is 1.00 bits per heavy atom. The number of aromatic nitrogens is 2. The molecule has 20 heavy (non-hydrogen) atoms. The third-order valence-electron chi connectivity index (χ3n) is 3.16. The van der Waals surface area contributed by atoms with Crippen LogP contribution < -0.4 is 10.5 Å². The van der Waals surface area contributed by atoms with E-state index in [1.165, 1.54) is 0 Å². The summed E-state index contributed by atoms with van der Waals surface area (Å²) in [4.78, 5) is 8.39. The summed E-state index contributed by atoms with van der Waals surface area (Å²) in [5.74, 6) is 0.746. The average molecular weight is 265 g/mol. The zero-order chi connectivity index (χ0) is 13.8. The molecule has 0 aliphatic rings. The van der Waals surface area contributed by atoms with Gasteiger partial charge in [-0.05, 0) is 29.8 Å². The first-order valence-electron chi connectivity index (χ1n) is 6.49. The van der Waals surface area contributed by atoms with E-state index in [1.807, 2.05) is 42.5 Å². The van der Waals surface area contributed by atoms with Crippen molar-refractivity contribution in [1.29, 1.82) is 0 Å². The van der Waals surface area contributed by atoms with Crippen LogP contribution in [0.5, 0.6) is 5.75 Å². The number of benzene rings is 1. The number of ether oxygens (including phenoxy) is 1. The summed E-state index contributed by atoms with van der Waals surface area (Å²) < 4.78 is 6.05. The summed E-state index contributed by atoms with van der Waals surface area (Å²) in [6.07, 6.45) is 5.04. The van der Waals surface area contributed by atoms with Crippen LogP contribution in [-0.4, -0.2) is 16.5 Å². The van der Waals surface area contributed by atoms with Gasteiger partial charge in [0.1, 0.15) is 17.4 Å². The molecule has 2 heterocycles. The zero-order valence-corrected chi connectivity index (χ0v) is 10.9. The second-order valence-electron chi connectivity index (χ2n) is 4.45. The largest absolute Gasteiger partial charge is 0.482 e. The van der Waals surface area contributed by atoms with Gasteiger partial charge in [-0.2, -0.15) is 0 Å². The van der Waals surface area contributed by atoms with E-state index in [4.69, 9.17) is 10.5 Å². The van der Waals surface area contributed by atoms with Gasteiger partial charge in [-0.3, -0.25) is 9.97 Å². The first-order chi connectivity index (χ1) is 9.88. The quantitative estimate of drug-likeness (QED) is 0.788. The molecule has 4 nitrogen and oxygen atoms in total. The molecule has 0 spiro atoms. The third-order valence-corrected chi connectivity index (χ3v) is 3.16. The standard InChI is InChI=1S/C16H15N3O/c17-11-15(12-6-9-18-10-7-12)20-14-5-1-3-13-4-2-8-19-16(13)14/h1-10,15H,11,17H2. The minimum absolute atomic E-state index is 0.203. The van der Waals surface area contributed by atoms with E-state index in [0.717, 1.165) is 22.2 Å². The van der Waals surface area contributed by atoms with Crippen molar-refractivity contribution in [2.75, 3.05) is 6.54 Å². The molecule has 0 amide bonds. The molecule has 0 saturated heterocycles. The highest BCUT2D eigenvalue weighted by Gasteiger charge is 2.13. The number of fused-ring (bicyclic) bond motifs is 1. The van der Waals surface area contributed by atoms with Crippen molar-refractivity contribution in [3.05, 3.63) is 66.6 Å². The minimum Gasteiger partial charge on any atom is -0.482 e. The lowest BCUT2D eigenvalue weighted by molar-refractivity contribution is 0.216. The Bertz CT molecular complexity index is 695. The van der Waals surface area contributed by atoms with Crippen molar-refractivity contribution in [2.24, 2.45) is 5.73 Å². The number of para-hydroxylation sites is 1. The lowest BCUT2D eigenvalue weighted by Gasteiger charge is -2.18. The van der Waals surface area contributed by atoms with Crippen molar-refractivity contribution in [3.63, 3.8) is 0 Å². The summed E-state index contributed by atoms with van der Waals surface area (Å²) in [6.45, 7) is 0.396. The Kier molecular flexibility index (Phi) is 3.56. The van der Waals surface area contributed by atoms with Gasteiger partial charge in [-0.1, -0.05) is 18.2 Å². The molecule has 3 rings (SSSR count). The smallest absolute Gasteiger partial charge is 0.146 e. The van der Waals surface area contributed by atoms with Gasteiger partial charge in [-0.15, -0.1) is 0 Å². The van der Waals surface area contributed by atoms with E-state index in [0.29, 0.717) is 6.54 Å². The summed E-state index contributed by atoms with van der Waals surface area (Å²) in [5, 5.41) is 1.05. The van der Waals surface area contributed by atoms with E-state index < -0.39 is 0 Å². The Balaban J connectivity index is 1.96. The number of rotatable bonds is 4. The third kappa shape index (κ3) is 2.46. The van der Waals surface area contributed by atoms with Crippen LogP contribution in [-0.2, 0) is 0 Å². The molecule has 4 heteroatoms. The van der Waals surface area contributed by atoms with Gasteiger partial charge in [0.15, 0.2) is 0 Å². The second-order valence-corrected chi connectivity index (χ2v) is 4.45. The van der Waals surface area contributed by atoms with Crippen LogP contribution >= 0.6 is 0 Å². The van der Waals surface area contributed by atoms with Gasteiger partial charge in [0.2, 0.25) is 0 Å². The normalized spacial score (nSPS) is 12.2. The van der Waals surface area contributed by atoms with Gasteiger partial charge in [-0.25, -0.2) is 0 Å². The van der Waals surface area contributed by atoms with Gasteiger partial charge in [0.05, 0.1) is 0 Å². The molecule has 1 aromatic carbocycles. The van der Waals surface area contributed by atoms with Gasteiger partial charge in [0, 0.05) is 30.5 Å². The zero-order valence-electron chi connectivity index (χ0n) is 10.9. The van der Waals surface area contributed by atoms with Crippen molar-refractivity contribution in [2.45, 2.75) is 6.10 Å². The maximum Gasteiger partial charge on any atom is 0.146 e. The molecule has 100 valence electrons. The molecule has 2 aromatic heterocycles. The van der Waals surface area contributed by atoms with Crippen LogP contribution in [0.25, 0.3) is 10.9 Å². The Labute approximate surface area is 117 Å². The van der Waals surface area contributed by atoms with Crippen LogP contribution in [0.2, 0.25) is 0 Å². The summed E-state index contributed by atoms with van der Waals surface area (Å²) in [7, 11) is 0. The lowest BCUT2D eigenvalue weighted by atomic mass is 10.1. The van der Waals surface area contributed by atoms with Crippen molar-refractivity contribution in [3.8, 4) is 5.75 Å². The highest BCUT2D eigenvalue weighted by molar-refractivity contribution is 5.84. The number of hydrogen-bond acceptors (Lipinski definition) is 4. The molecule has 2 N–H and O–H groups in total. The molecular weight excluding hydrogens is 250 g/mol. The number of nitrogens with two attached hydrogens (primary N) is 1. The van der Waals surface area contributed by atoms with Crippen LogP contribution in [0.3, 0.4) is 0 Å². The highest BCUT2D eigenvalue weighted by Crippen LogP contribution is 2.27. The minimum atomic E-state index is -0.203. The molecule has 0 bridgehead atoms. The maximum absolute atomic E-state index is 6.05. The van der Waals surface area contributed by atoms with E-state index >= 15 is 0 Å². The molecule has 0 saturated carbocycles. The van der Waals surface area contributed by atoms with Crippen molar-refractivity contribution >= 4 is 10.9 Å². The molecule has 1 atom stereocenters. The molecule has 0 fully saturated rings. The number of hydrogen-bond donors (Lipinski definition) is 1. The van der Waals surface area contributed by atoms with E-state index in [1.54, 1.807) is 18.6 Å². The van der Waals surface area contributed by atoms with Gasteiger partial charge < -0.3 is 10.5 Å². The lowest BCUT2D eigenvalue weighted by Crippen LogP contribution is -2.18. The van der Waals surface area contributed by atoms with Crippen molar-refractivity contribution in [1.82, 2.24) is 9.97 Å². The van der Waals surface area contributed by atoms with E-state index in [-0.39, 0.29) is 6.10 Å². The number of nitrogens with zero attached hydrogens (tertiary/aromatic N) is 2. The monoisotopic (exact) mass is 265 g/mol. The van der Waals surface area contributed by atoms with Crippen LogP contribution in [0, 0.1) is 0 Å². The van der Waals surface area contributed by atoms with E-state index in [2.05, 4.69) is 9.97 Å². The Hall–Kier alpha value is -2.46. The van der Waals surface area contributed by atoms with Gasteiger partial charge in [0.25, 0.3) is 0 Å². The topological polar surface area (TPSA) is 61.0 Å². The Morgan fingerprint density at radius 2 is 1.80 bits per heavy atom.